The van der Waals surface area contributed by atoms with E-state index in [4.69, 9.17) is 16.3 Å². The third-order valence-corrected chi connectivity index (χ3v) is 8.15. The Hall–Kier alpha value is -3.64. The number of piperazine rings is 1. The number of amides is 1. The quantitative estimate of drug-likeness (QED) is 0.329. The largest absolute Gasteiger partial charge is 0.488 e. The van der Waals surface area contributed by atoms with Crippen LogP contribution in [0, 0.1) is 11.6 Å². The van der Waals surface area contributed by atoms with Gasteiger partial charge in [-0.3, -0.25) is 14.3 Å². The van der Waals surface area contributed by atoms with E-state index in [0.29, 0.717) is 36.4 Å². The Morgan fingerprint density at radius 3 is 2.66 bits per heavy atom. The molecule has 1 aromatic heterocycles. The van der Waals surface area contributed by atoms with Crippen LogP contribution in [-0.2, 0) is 4.79 Å². The molecule has 3 aromatic rings. The van der Waals surface area contributed by atoms with E-state index in [1.807, 2.05) is 11.8 Å². The molecule has 0 aliphatic carbocycles. The number of hydrogen-bond donors (Lipinski definition) is 0. The van der Waals surface area contributed by atoms with Crippen molar-refractivity contribution in [1.29, 1.82) is 0 Å². The van der Waals surface area contributed by atoms with Crippen molar-refractivity contribution in [3.05, 3.63) is 64.1 Å². The number of anilines is 1. The molecule has 0 N–H and O–H groups in total. The van der Waals surface area contributed by atoms with Crippen molar-refractivity contribution in [2.45, 2.75) is 24.9 Å². The van der Waals surface area contributed by atoms with Crippen molar-refractivity contribution in [3.63, 3.8) is 0 Å². The van der Waals surface area contributed by atoms with Gasteiger partial charge >= 0.3 is 5.69 Å². The summed E-state index contributed by atoms with van der Waals surface area (Å²) in [5.41, 5.74) is -0.204. The number of rotatable bonds is 5. The number of benzene rings is 2. The van der Waals surface area contributed by atoms with Crippen LogP contribution in [0.2, 0.25) is 5.02 Å². The molecule has 0 radical (unpaired) electrons. The predicted molar refractivity (Wildman–Crippen MR) is 146 cm³/mol. The van der Waals surface area contributed by atoms with Gasteiger partial charge in [0.2, 0.25) is 5.91 Å². The molecule has 4 heterocycles. The Kier molecular flexibility index (Phi) is 6.73. The fourth-order valence-corrected chi connectivity index (χ4v) is 6.29. The first kappa shape index (κ1) is 27.5. The number of ether oxygens (including phenoxy) is 1. The molecule has 3 aliphatic rings. The number of likely N-dealkylation sites (tertiary alicyclic amines) is 1. The van der Waals surface area contributed by atoms with Gasteiger partial charge in [-0.2, -0.15) is 4.98 Å². The lowest BCUT2D eigenvalue weighted by Gasteiger charge is -2.42. The summed E-state index contributed by atoms with van der Waals surface area (Å²) in [5.74, 6) is -4.19. The fraction of sp³-hybridized carbons (Fsp3) is 0.393. The molecule has 2 saturated heterocycles. The highest BCUT2D eigenvalue weighted by Gasteiger charge is 2.45. The third-order valence-electron chi connectivity index (χ3n) is 7.85. The first-order chi connectivity index (χ1) is 19.5. The highest BCUT2D eigenvalue weighted by Crippen LogP contribution is 2.47. The normalized spacial score (nSPS) is 21.9. The molecule has 13 heteroatoms. The van der Waals surface area contributed by atoms with Crippen LogP contribution in [-0.4, -0.2) is 83.1 Å². The van der Waals surface area contributed by atoms with E-state index in [9.17, 15) is 27.2 Å². The Balaban J connectivity index is 1.52. The first-order valence-electron chi connectivity index (χ1n) is 13.1. The third kappa shape index (κ3) is 4.72. The number of hydrogen-bond acceptors (Lipinski definition) is 6. The van der Waals surface area contributed by atoms with Gasteiger partial charge in [0.1, 0.15) is 24.1 Å². The second kappa shape index (κ2) is 10.0. The zero-order chi connectivity index (χ0) is 29.2. The molecule has 6 rings (SSSR count). The zero-order valence-electron chi connectivity index (χ0n) is 22.0. The molecule has 0 bridgehead atoms. The molecule has 216 valence electrons. The molecule has 8 nitrogen and oxygen atoms in total. The summed E-state index contributed by atoms with van der Waals surface area (Å²) >= 11 is 6.73. The molecule has 2 fully saturated rings. The van der Waals surface area contributed by atoms with E-state index in [0.717, 1.165) is 12.1 Å². The zero-order valence-corrected chi connectivity index (χ0v) is 22.8. The number of carbonyl (C=O) groups is 1. The van der Waals surface area contributed by atoms with Gasteiger partial charge in [0.05, 0.1) is 29.7 Å². The van der Waals surface area contributed by atoms with Crippen molar-refractivity contribution >= 4 is 34.2 Å². The van der Waals surface area contributed by atoms with Gasteiger partial charge in [-0.25, -0.2) is 22.4 Å². The number of halogens is 5. The Labute approximate surface area is 237 Å². The maximum Gasteiger partial charge on any atom is 0.350 e. The van der Waals surface area contributed by atoms with E-state index in [2.05, 4.69) is 11.6 Å². The Morgan fingerprint density at radius 1 is 1.24 bits per heavy atom. The minimum absolute atomic E-state index is 0.0172. The lowest BCUT2D eigenvalue weighted by molar-refractivity contribution is -0.134. The summed E-state index contributed by atoms with van der Waals surface area (Å²) in [6, 6.07) is 3.75. The van der Waals surface area contributed by atoms with Crippen LogP contribution in [0.5, 0.6) is 5.75 Å². The average Bonchev–Trinajstić information content (AvgIpc) is 2.90. The maximum absolute atomic E-state index is 15.0. The van der Waals surface area contributed by atoms with Crippen LogP contribution in [0.1, 0.15) is 13.0 Å². The molecular formula is C28H26ClF4N5O3. The summed E-state index contributed by atoms with van der Waals surface area (Å²) < 4.78 is 63.4. The minimum Gasteiger partial charge on any atom is -0.488 e. The average molecular weight is 592 g/mol. The van der Waals surface area contributed by atoms with Gasteiger partial charge in [0, 0.05) is 54.8 Å². The van der Waals surface area contributed by atoms with Crippen LogP contribution in [0.25, 0.3) is 22.0 Å². The molecule has 3 aliphatic heterocycles. The summed E-state index contributed by atoms with van der Waals surface area (Å²) in [5, 5.41) is 0.546. The fourth-order valence-electron chi connectivity index (χ4n) is 5.99. The molecule has 1 amide bonds. The van der Waals surface area contributed by atoms with E-state index >= 15 is 0 Å². The molecule has 41 heavy (non-hydrogen) atoms. The van der Waals surface area contributed by atoms with Crippen LogP contribution in [0.15, 0.2) is 41.7 Å². The van der Waals surface area contributed by atoms with E-state index in [1.165, 1.54) is 21.6 Å². The number of aromatic nitrogens is 2. The van der Waals surface area contributed by atoms with Gasteiger partial charge in [-0.15, -0.1) is 0 Å². The second-order valence-electron chi connectivity index (χ2n) is 10.7. The van der Waals surface area contributed by atoms with E-state index in [-0.39, 0.29) is 47.0 Å². The standard InChI is InChI=1S/C28H26ClF4N5O3/c1-3-22(39)36-6-7-37(15(2)10-36)26-19-9-20(29)23(18-5-4-16(30)8-21(18)31)25-24(19)38(27(40)34-26)17(12-41-25)11-35-13-28(32,33)14-35/h3-5,8-9,15,17H,1,6-7,10-14H2,2H3/t15-,17?/m0/s1. The van der Waals surface area contributed by atoms with Crippen LogP contribution in [0.3, 0.4) is 0 Å². The van der Waals surface area contributed by atoms with E-state index in [1.54, 1.807) is 11.0 Å². The lowest BCUT2D eigenvalue weighted by atomic mass is 9.99. The predicted octanol–water partition coefficient (Wildman–Crippen LogP) is 4.10. The summed E-state index contributed by atoms with van der Waals surface area (Å²) in [6.07, 6.45) is 1.25. The minimum atomic E-state index is -2.79. The van der Waals surface area contributed by atoms with Gasteiger partial charge in [-0.1, -0.05) is 18.2 Å². The van der Waals surface area contributed by atoms with Crippen molar-refractivity contribution < 1.29 is 27.1 Å². The van der Waals surface area contributed by atoms with E-state index < -0.39 is 42.4 Å². The molecular weight excluding hydrogens is 566 g/mol. The smallest absolute Gasteiger partial charge is 0.350 e. The molecule has 1 unspecified atom stereocenters. The Morgan fingerprint density at radius 2 is 2.00 bits per heavy atom. The number of alkyl halides is 2. The lowest BCUT2D eigenvalue weighted by Crippen LogP contribution is -2.58. The van der Waals surface area contributed by atoms with Gasteiger partial charge in [-0.05, 0) is 31.2 Å². The van der Waals surface area contributed by atoms with Crippen molar-refractivity contribution in [2.75, 3.05) is 50.8 Å². The van der Waals surface area contributed by atoms with Crippen LogP contribution < -0.4 is 15.3 Å². The molecule has 0 saturated carbocycles. The topological polar surface area (TPSA) is 70.9 Å². The number of nitrogens with zero attached hydrogens (tertiary/aromatic N) is 5. The van der Waals surface area contributed by atoms with Crippen LogP contribution in [0.4, 0.5) is 23.4 Å². The summed E-state index contributed by atoms with van der Waals surface area (Å²) in [4.78, 5) is 35.4. The maximum atomic E-state index is 15.0. The Bertz CT molecular complexity index is 1640. The molecule has 0 spiro atoms. The SMILES string of the molecule is C=CC(=O)N1CCN(c2nc(=O)n3c4c(c(-c5ccc(F)cc5F)c(Cl)cc24)OCC3CN2CC(F)(F)C2)[C@@H](C)C1. The molecule has 2 atom stereocenters. The first-order valence-corrected chi connectivity index (χ1v) is 13.5. The van der Waals surface area contributed by atoms with Gasteiger partial charge < -0.3 is 14.5 Å². The van der Waals surface area contributed by atoms with Gasteiger partial charge in [0.15, 0.2) is 5.75 Å². The monoisotopic (exact) mass is 591 g/mol. The highest BCUT2D eigenvalue weighted by atomic mass is 35.5. The molecule has 2 aromatic carbocycles. The van der Waals surface area contributed by atoms with Gasteiger partial charge in [0.25, 0.3) is 5.92 Å². The summed E-state index contributed by atoms with van der Waals surface area (Å²) in [7, 11) is 0. The van der Waals surface area contributed by atoms with Crippen molar-refractivity contribution in [1.82, 2.24) is 19.4 Å². The van der Waals surface area contributed by atoms with Crippen molar-refractivity contribution in [3.8, 4) is 16.9 Å². The number of carbonyl (C=O) groups excluding carboxylic acids is 1. The highest BCUT2D eigenvalue weighted by molar-refractivity contribution is 6.35. The second-order valence-corrected chi connectivity index (χ2v) is 11.1. The van der Waals surface area contributed by atoms with Crippen molar-refractivity contribution in [2.24, 2.45) is 0 Å². The van der Waals surface area contributed by atoms with Crippen LogP contribution >= 0.6 is 11.6 Å². The summed E-state index contributed by atoms with van der Waals surface area (Å²) in [6.45, 7) is 5.70.